The van der Waals surface area contributed by atoms with Crippen molar-refractivity contribution in [1.82, 2.24) is 4.90 Å². The minimum atomic E-state index is -0.655. The standard InChI is InChI=1S/C24H23N3O3S/c25-22(21(17-9-3-1-4-10-17)18-11-5-2-6-12-18)26-30-24(29)19-13-7-15-27(19)23(28)20-14-8-16-31-20/h1-6,8-12,14,16,19,21H,7,13,15H2,(H2,25,26). The maximum atomic E-state index is 12.8. The van der Waals surface area contributed by atoms with Crippen molar-refractivity contribution < 1.29 is 14.4 Å². The number of hydrogen-bond acceptors (Lipinski definition) is 5. The van der Waals surface area contributed by atoms with Crippen LogP contribution in [0.5, 0.6) is 0 Å². The average molecular weight is 434 g/mol. The van der Waals surface area contributed by atoms with E-state index in [2.05, 4.69) is 5.16 Å². The van der Waals surface area contributed by atoms with Crippen LogP contribution in [0.1, 0.15) is 39.6 Å². The van der Waals surface area contributed by atoms with Gasteiger partial charge in [-0.05, 0) is 35.4 Å². The molecule has 1 unspecified atom stereocenters. The second-order valence-electron chi connectivity index (χ2n) is 7.31. The van der Waals surface area contributed by atoms with E-state index in [0.717, 1.165) is 17.5 Å². The number of carbonyl (C=O) groups is 2. The Morgan fingerprint density at radius 1 is 1.00 bits per heavy atom. The van der Waals surface area contributed by atoms with Gasteiger partial charge in [0.1, 0.15) is 6.04 Å². The number of carbonyl (C=O) groups excluding carboxylic acids is 2. The molecule has 158 valence electrons. The highest BCUT2D eigenvalue weighted by molar-refractivity contribution is 7.12. The van der Waals surface area contributed by atoms with E-state index in [4.69, 9.17) is 10.6 Å². The van der Waals surface area contributed by atoms with Crippen LogP contribution in [-0.4, -0.2) is 35.2 Å². The van der Waals surface area contributed by atoms with Crippen molar-refractivity contribution in [2.24, 2.45) is 10.9 Å². The van der Waals surface area contributed by atoms with Crippen LogP contribution in [0.25, 0.3) is 0 Å². The zero-order chi connectivity index (χ0) is 21.6. The molecule has 1 aliphatic heterocycles. The molecule has 2 heterocycles. The van der Waals surface area contributed by atoms with Crippen molar-refractivity contribution in [3.05, 3.63) is 94.2 Å². The quantitative estimate of drug-likeness (QED) is 0.276. The maximum Gasteiger partial charge on any atom is 0.357 e. The number of amidine groups is 1. The number of hydrogen-bond donors (Lipinski definition) is 1. The highest BCUT2D eigenvalue weighted by Crippen LogP contribution is 2.26. The number of benzene rings is 2. The number of nitrogens with two attached hydrogens (primary N) is 1. The fourth-order valence-electron chi connectivity index (χ4n) is 3.83. The van der Waals surface area contributed by atoms with E-state index in [1.807, 2.05) is 72.1 Å². The van der Waals surface area contributed by atoms with Crippen molar-refractivity contribution in [1.29, 1.82) is 0 Å². The van der Waals surface area contributed by atoms with E-state index in [1.54, 1.807) is 11.0 Å². The molecule has 1 aromatic heterocycles. The van der Waals surface area contributed by atoms with E-state index in [1.165, 1.54) is 11.3 Å². The van der Waals surface area contributed by atoms with Gasteiger partial charge in [-0.1, -0.05) is 71.9 Å². The minimum absolute atomic E-state index is 0.155. The van der Waals surface area contributed by atoms with Crippen LogP contribution in [0.2, 0.25) is 0 Å². The first-order valence-corrected chi connectivity index (χ1v) is 11.0. The van der Waals surface area contributed by atoms with Gasteiger partial charge in [-0.2, -0.15) is 0 Å². The lowest BCUT2D eigenvalue weighted by Crippen LogP contribution is -2.41. The van der Waals surface area contributed by atoms with Gasteiger partial charge in [-0.3, -0.25) is 4.79 Å². The Hall–Kier alpha value is -3.45. The Kier molecular flexibility index (Phi) is 6.43. The number of likely N-dealkylation sites (tertiary alicyclic amines) is 1. The fourth-order valence-corrected chi connectivity index (χ4v) is 4.51. The Labute approximate surface area is 184 Å². The second kappa shape index (κ2) is 9.57. The Morgan fingerprint density at radius 3 is 2.23 bits per heavy atom. The summed E-state index contributed by atoms with van der Waals surface area (Å²) in [5, 5.41) is 5.83. The summed E-state index contributed by atoms with van der Waals surface area (Å²) in [4.78, 5) is 32.9. The summed E-state index contributed by atoms with van der Waals surface area (Å²) in [5.74, 6) is -0.884. The molecule has 0 saturated carbocycles. The third-order valence-corrected chi connectivity index (χ3v) is 6.18. The molecule has 2 aromatic carbocycles. The number of nitrogens with zero attached hydrogens (tertiary/aromatic N) is 2. The third-order valence-electron chi connectivity index (χ3n) is 5.32. The van der Waals surface area contributed by atoms with Crippen LogP contribution in [0.3, 0.4) is 0 Å². The number of oxime groups is 1. The molecule has 31 heavy (non-hydrogen) atoms. The lowest BCUT2D eigenvalue weighted by atomic mass is 9.90. The monoisotopic (exact) mass is 433 g/mol. The molecule has 1 amide bonds. The van der Waals surface area contributed by atoms with Crippen molar-refractivity contribution in [3.8, 4) is 0 Å². The largest absolute Gasteiger partial charge is 0.384 e. The summed E-state index contributed by atoms with van der Waals surface area (Å²) in [7, 11) is 0. The molecule has 1 saturated heterocycles. The molecular weight excluding hydrogens is 410 g/mol. The van der Waals surface area contributed by atoms with Crippen LogP contribution in [0.15, 0.2) is 83.3 Å². The van der Waals surface area contributed by atoms with Gasteiger partial charge < -0.3 is 15.5 Å². The molecule has 4 rings (SSSR count). The molecule has 0 aliphatic carbocycles. The summed E-state index contributed by atoms with van der Waals surface area (Å²) in [6.07, 6.45) is 1.29. The highest BCUT2D eigenvalue weighted by atomic mass is 32.1. The molecule has 7 heteroatoms. The Balaban J connectivity index is 1.52. The second-order valence-corrected chi connectivity index (χ2v) is 8.26. The van der Waals surface area contributed by atoms with Crippen LogP contribution in [-0.2, 0) is 9.63 Å². The summed E-state index contributed by atoms with van der Waals surface area (Å²) in [5.41, 5.74) is 8.19. The summed E-state index contributed by atoms with van der Waals surface area (Å²) in [6.45, 7) is 0.520. The molecular formula is C24H23N3O3S. The number of amides is 1. The normalized spacial score (nSPS) is 16.5. The van der Waals surface area contributed by atoms with Gasteiger partial charge in [0, 0.05) is 6.54 Å². The SMILES string of the molecule is NC(=NOC(=O)C1CCCN1C(=O)c1cccs1)C(c1ccccc1)c1ccccc1. The summed E-state index contributed by atoms with van der Waals surface area (Å²) < 4.78 is 0. The van der Waals surface area contributed by atoms with Crippen LogP contribution in [0, 0.1) is 0 Å². The highest BCUT2D eigenvalue weighted by Gasteiger charge is 2.36. The first-order valence-electron chi connectivity index (χ1n) is 10.1. The van der Waals surface area contributed by atoms with Crippen molar-refractivity contribution in [2.75, 3.05) is 6.54 Å². The molecule has 0 spiro atoms. The first-order chi connectivity index (χ1) is 15.1. The smallest absolute Gasteiger partial charge is 0.357 e. The lowest BCUT2D eigenvalue weighted by molar-refractivity contribution is -0.148. The topological polar surface area (TPSA) is 85.0 Å². The van der Waals surface area contributed by atoms with Crippen molar-refractivity contribution in [3.63, 3.8) is 0 Å². The van der Waals surface area contributed by atoms with E-state index < -0.39 is 12.0 Å². The maximum absolute atomic E-state index is 12.8. The van der Waals surface area contributed by atoms with Gasteiger partial charge in [0.05, 0.1) is 10.8 Å². The zero-order valence-corrected chi connectivity index (χ0v) is 17.7. The molecule has 0 radical (unpaired) electrons. The van der Waals surface area contributed by atoms with Crippen molar-refractivity contribution in [2.45, 2.75) is 24.8 Å². The molecule has 6 nitrogen and oxygen atoms in total. The molecule has 2 N–H and O–H groups in total. The van der Waals surface area contributed by atoms with Crippen LogP contribution < -0.4 is 5.73 Å². The summed E-state index contributed by atoms with van der Waals surface area (Å²) >= 11 is 1.36. The summed E-state index contributed by atoms with van der Waals surface area (Å²) in [6, 6.07) is 22.3. The Morgan fingerprint density at radius 2 is 1.65 bits per heavy atom. The average Bonchev–Trinajstić information content (AvgIpc) is 3.51. The van der Waals surface area contributed by atoms with Gasteiger partial charge in [0.15, 0.2) is 5.84 Å². The van der Waals surface area contributed by atoms with Gasteiger partial charge in [0.2, 0.25) is 0 Å². The van der Waals surface area contributed by atoms with Gasteiger partial charge in [-0.15, -0.1) is 11.3 Å². The van der Waals surface area contributed by atoms with E-state index >= 15 is 0 Å². The Bertz CT molecular complexity index is 1010. The van der Waals surface area contributed by atoms with Gasteiger partial charge in [-0.25, -0.2) is 4.79 Å². The zero-order valence-electron chi connectivity index (χ0n) is 16.9. The predicted molar refractivity (Wildman–Crippen MR) is 121 cm³/mol. The fraction of sp³-hybridized carbons (Fsp3) is 0.208. The lowest BCUT2D eigenvalue weighted by Gasteiger charge is -2.22. The number of thiophene rings is 1. The van der Waals surface area contributed by atoms with E-state index in [0.29, 0.717) is 17.8 Å². The predicted octanol–water partition coefficient (Wildman–Crippen LogP) is 4.00. The molecule has 3 aromatic rings. The molecule has 1 aliphatic rings. The minimum Gasteiger partial charge on any atom is -0.384 e. The molecule has 1 atom stereocenters. The third kappa shape index (κ3) is 4.67. The van der Waals surface area contributed by atoms with E-state index in [9.17, 15) is 9.59 Å². The van der Waals surface area contributed by atoms with Crippen LogP contribution in [0.4, 0.5) is 0 Å². The van der Waals surface area contributed by atoms with Crippen LogP contribution >= 0.6 is 11.3 Å². The van der Waals surface area contributed by atoms with E-state index in [-0.39, 0.29) is 17.7 Å². The van der Waals surface area contributed by atoms with Gasteiger partial charge >= 0.3 is 5.97 Å². The van der Waals surface area contributed by atoms with Gasteiger partial charge in [0.25, 0.3) is 5.91 Å². The molecule has 0 bridgehead atoms. The first kappa shape index (κ1) is 20.8. The van der Waals surface area contributed by atoms with Crippen molar-refractivity contribution >= 4 is 29.0 Å². The number of rotatable bonds is 6. The molecule has 1 fully saturated rings.